The highest BCUT2D eigenvalue weighted by molar-refractivity contribution is 5.89. The zero-order valence-electron chi connectivity index (χ0n) is 13.5. The summed E-state index contributed by atoms with van der Waals surface area (Å²) in [6, 6.07) is 3.68. The van der Waals surface area contributed by atoms with Crippen LogP contribution in [0.3, 0.4) is 0 Å². The number of hydrogen-bond acceptors (Lipinski definition) is 4. The van der Waals surface area contributed by atoms with Crippen LogP contribution in [0.25, 0.3) is 0 Å². The van der Waals surface area contributed by atoms with Crippen LogP contribution >= 0.6 is 0 Å². The molecule has 1 aliphatic heterocycles. The van der Waals surface area contributed by atoms with Crippen molar-refractivity contribution < 1.29 is 19.1 Å². The second kappa shape index (κ2) is 6.35. The molecule has 2 atom stereocenters. The number of rotatable bonds is 5. The van der Waals surface area contributed by atoms with Gasteiger partial charge in [-0.2, -0.15) is 0 Å². The Balaban J connectivity index is 1.54. The molecule has 3 rings (SSSR count). The first-order valence-electron chi connectivity index (χ1n) is 8.31. The first kappa shape index (κ1) is 16.1. The molecule has 2 amide bonds. The van der Waals surface area contributed by atoms with Gasteiger partial charge in [0.15, 0.2) is 0 Å². The molecule has 2 heterocycles. The zero-order valence-corrected chi connectivity index (χ0v) is 13.5. The number of furan rings is 1. The first-order valence-corrected chi connectivity index (χ1v) is 8.31. The lowest BCUT2D eigenvalue weighted by Crippen LogP contribution is -2.42. The van der Waals surface area contributed by atoms with Crippen LogP contribution in [0.2, 0.25) is 0 Å². The van der Waals surface area contributed by atoms with Crippen LogP contribution in [0.15, 0.2) is 22.8 Å². The number of carbonyl (C=O) groups excluding carboxylic acids is 2. The fourth-order valence-corrected chi connectivity index (χ4v) is 3.55. The third kappa shape index (κ3) is 3.42. The second-order valence-corrected chi connectivity index (χ2v) is 6.85. The molecule has 23 heavy (non-hydrogen) atoms. The van der Waals surface area contributed by atoms with Gasteiger partial charge < -0.3 is 19.7 Å². The van der Waals surface area contributed by atoms with Crippen LogP contribution in [0.4, 0.5) is 0 Å². The van der Waals surface area contributed by atoms with Gasteiger partial charge >= 0.3 is 0 Å². The SMILES string of the molecule is CC(O)(CNC(=O)C1CC(=O)N(C2CCCC2)C1)c1ccco1. The number of carbonyl (C=O) groups is 2. The Morgan fingerprint density at radius 2 is 2.22 bits per heavy atom. The number of nitrogens with one attached hydrogen (secondary N) is 1. The molecule has 2 aliphatic rings. The summed E-state index contributed by atoms with van der Waals surface area (Å²) in [6.45, 7) is 2.16. The van der Waals surface area contributed by atoms with Crippen LogP contribution in [-0.4, -0.2) is 41.0 Å². The van der Waals surface area contributed by atoms with Crippen LogP contribution in [0, 0.1) is 5.92 Å². The maximum absolute atomic E-state index is 12.3. The Labute approximate surface area is 135 Å². The van der Waals surface area contributed by atoms with Gasteiger partial charge in [-0.25, -0.2) is 0 Å². The van der Waals surface area contributed by atoms with Gasteiger partial charge in [0.1, 0.15) is 11.4 Å². The number of likely N-dealkylation sites (tertiary alicyclic amines) is 1. The maximum atomic E-state index is 12.3. The minimum Gasteiger partial charge on any atom is -0.466 e. The van der Waals surface area contributed by atoms with Crippen LogP contribution in [0.5, 0.6) is 0 Å². The molecule has 6 heteroatoms. The van der Waals surface area contributed by atoms with Gasteiger partial charge in [-0.3, -0.25) is 9.59 Å². The van der Waals surface area contributed by atoms with E-state index in [2.05, 4.69) is 5.32 Å². The van der Waals surface area contributed by atoms with E-state index in [1.165, 1.54) is 6.26 Å². The molecule has 2 fully saturated rings. The van der Waals surface area contributed by atoms with E-state index in [0.717, 1.165) is 25.7 Å². The summed E-state index contributed by atoms with van der Waals surface area (Å²) in [5, 5.41) is 13.1. The van der Waals surface area contributed by atoms with Gasteiger partial charge in [-0.05, 0) is 31.9 Å². The van der Waals surface area contributed by atoms with Crippen LogP contribution < -0.4 is 5.32 Å². The molecule has 1 aromatic heterocycles. The molecular weight excluding hydrogens is 296 g/mol. The highest BCUT2D eigenvalue weighted by Gasteiger charge is 2.39. The summed E-state index contributed by atoms with van der Waals surface area (Å²) in [7, 11) is 0. The van der Waals surface area contributed by atoms with Crippen molar-refractivity contribution in [1.82, 2.24) is 10.2 Å². The van der Waals surface area contributed by atoms with E-state index in [4.69, 9.17) is 4.42 Å². The monoisotopic (exact) mass is 320 g/mol. The molecule has 126 valence electrons. The molecule has 2 unspecified atom stereocenters. The summed E-state index contributed by atoms with van der Waals surface area (Å²) < 4.78 is 5.19. The topological polar surface area (TPSA) is 82.8 Å². The molecule has 1 aromatic rings. The Morgan fingerprint density at radius 3 is 2.87 bits per heavy atom. The van der Waals surface area contributed by atoms with Crippen LogP contribution in [0.1, 0.15) is 44.8 Å². The maximum Gasteiger partial charge on any atom is 0.225 e. The van der Waals surface area contributed by atoms with Gasteiger partial charge in [0.25, 0.3) is 0 Å². The van der Waals surface area contributed by atoms with E-state index in [0.29, 0.717) is 18.3 Å². The van der Waals surface area contributed by atoms with E-state index in [9.17, 15) is 14.7 Å². The van der Waals surface area contributed by atoms with E-state index < -0.39 is 5.60 Å². The molecule has 0 radical (unpaired) electrons. The number of nitrogens with zero attached hydrogens (tertiary/aromatic N) is 1. The Bertz CT molecular complexity index is 561. The summed E-state index contributed by atoms with van der Waals surface area (Å²) in [4.78, 5) is 26.4. The third-order valence-electron chi connectivity index (χ3n) is 4.95. The van der Waals surface area contributed by atoms with E-state index in [-0.39, 0.29) is 30.7 Å². The van der Waals surface area contributed by atoms with Crippen molar-refractivity contribution in [3.63, 3.8) is 0 Å². The van der Waals surface area contributed by atoms with Gasteiger partial charge in [-0.15, -0.1) is 0 Å². The molecule has 0 spiro atoms. The fourth-order valence-electron chi connectivity index (χ4n) is 3.55. The normalized spacial score (nSPS) is 24.9. The van der Waals surface area contributed by atoms with Gasteiger partial charge in [-0.1, -0.05) is 12.8 Å². The Kier molecular flexibility index (Phi) is 4.43. The van der Waals surface area contributed by atoms with Crippen molar-refractivity contribution in [2.75, 3.05) is 13.1 Å². The smallest absolute Gasteiger partial charge is 0.225 e. The molecule has 1 aliphatic carbocycles. The van der Waals surface area contributed by atoms with Crippen molar-refractivity contribution in [3.8, 4) is 0 Å². The molecule has 6 nitrogen and oxygen atoms in total. The number of hydrogen-bond donors (Lipinski definition) is 2. The lowest BCUT2D eigenvalue weighted by molar-refractivity contribution is -0.130. The second-order valence-electron chi connectivity index (χ2n) is 6.85. The van der Waals surface area contributed by atoms with Crippen molar-refractivity contribution in [1.29, 1.82) is 0 Å². The molecule has 0 aromatic carbocycles. The largest absolute Gasteiger partial charge is 0.466 e. The molecular formula is C17H24N2O4. The van der Waals surface area contributed by atoms with E-state index in [1.807, 2.05) is 4.90 Å². The van der Waals surface area contributed by atoms with E-state index in [1.54, 1.807) is 19.1 Å². The van der Waals surface area contributed by atoms with Crippen molar-refractivity contribution in [2.45, 2.75) is 50.7 Å². The predicted molar refractivity (Wildman–Crippen MR) is 83.4 cm³/mol. The highest BCUT2D eigenvalue weighted by Crippen LogP contribution is 2.29. The Hall–Kier alpha value is -1.82. The molecule has 0 bridgehead atoms. The van der Waals surface area contributed by atoms with Crippen LogP contribution in [-0.2, 0) is 15.2 Å². The van der Waals surface area contributed by atoms with Gasteiger partial charge in [0.2, 0.25) is 11.8 Å². The number of amides is 2. The Morgan fingerprint density at radius 1 is 1.48 bits per heavy atom. The third-order valence-corrected chi connectivity index (χ3v) is 4.95. The lowest BCUT2D eigenvalue weighted by Gasteiger charge is -2.24. The fraction of sp³-hybridized carbons (Fsp3) is 0.647. The number of aliphatic hydroxyl groups is 1. The molecule has 1 saturated heterocycles. The minimum atomic E-state index is -1.26. The highest BCUT2D eigenvalue weighted by atomic mass is 16.4. The first-order chi connectivity index (χ1) is 11.0. The summed E-state index contributed by atoms with van der Waals surface area (Å²) >= 11 is 0. The summed E-state index contributed by atoms with van der Waals surface area (Å²) in [5.74, 6) is -0.0103. The van der Waals surface area contributed by atoms with E-state index >= 15 is 0 Å². The van der Waals surface area contributed by atoms with Crippen molar-refractivity contribution >= 4 is 11.8 Å². The predicted octanol–water partition coefficient (Wildman–Crippen LogP) is 1.39. The molecule has 2 N–H and O–H groups in total. The minimum absolute atomic E-state index is 0.0630. The average Bonchev–Trinajstić information content (AvgIpc) is 3.24. The van der Waals surface area contributed by atoms with Gasteiger partial charge in [0.05, 0.1) is 18.7 Å². The zero-order chi connectivity index (χ0) is 16.4. The average molecular weight is 320 g/mol. The van der Waals surface area contributed by atoms with Crippen molar-refractivity contribution in [2.24, 2.45) is 5.92 Å². The van der Waals surface area contributed by atoms with Crippen molar-refractivity contribution in [3.05, 3.63) is 24.2 Å². The lowest BCUT2D eigenvalue weighted by atomic mass is 10.0. The summed E-state index contributed by atoms with van der Waals surface area (Å²) in [5.41, 5.74) is -1.26. The summed E-state index contributed by atoms with van der Waals surface area (Å²) in [6.07, 6.45) is 6.18. The quantitative estimate of drug-likeness (QED) is 0.859. The standard InChI is InChI=1S/C17H24N2O4/c1-17(22,14-7-4-8-23-14)11-18-16(21)12-9-15(20)19(10-12)13-5-2-3-6-13/h4,7-8,12-13,22H,2-3,5-6,9-11H2,1H3,(H,18,21). The molecule has 1 saturated carbocycles. The van der Waals surface area contributed by atoms with Gasteiger partial charge in [0, 0.05) is 19.0 Å².